The van der Waals surface area contributed by atoms with Gasteiger partial charge < -0.3 is 24.9 Å². The molecule has 0 aliphatic heterocycles. The molecule has 0 heterocycles. The van der Waals surface area contributed by atoms with Gasteiger partial charge in [-0.25, -0.2) is 4.57 Å². The van der Waals surface area contributed by atoms with Gasteiger partial charge in [0.25, 0.3) is 0 Å². The van der Waals surface area contributed by atoms with E-state index in [0.717, 1.165) is 12.8 Å². The van der Waals surface area contributed by atoms with Gasteiger partial charge in [-0.2, -0.15) is 0 Å². The third-order valence-electron chi connectivity index (χ3n) is 6.02. The molecule has 0 aliphatic rings. The zero-order valence-electron chi connectivity index (χ0n) is 22.3. The molecule has 212 valence electrons. The van der Waals surface area contributed by atoms with Crippen molar-refractivity contribution < 1.29 is 38.6 Å². The lowest BCUT2D eigenvalue weighted by Crippen LogP contribution is -2.23. The fraction of sp³-hybridized carbons (Fsp3) is 1.00. The van der Waals surface area contributed by atoms with Gasteiger partial charge in [-0.1, -0.05) is 116 Å². The van der Waals surface area contributed by atoms with Gasteiger partial charge in [-0.3, -0.25) is 9.05 Å². The standard InChI is InChI=1S/C26H55O8P/c1-2-3-4-5-6-7-8-9-10-11-12-13-14-15-16-17-18-19-20-32-22-26(29)24-34-35(30,31)33-23-25(28)21-27/h25-29H,2-24H2,1H3,(H,30,31). The maximum atomic E-state index is 11.6. The van der Waals surface area contributed by atoms with E-state index in [0.29, 0.717) is 6.61 Å². The van der Waals surface area contributed by atoms with Crippen molar-refractivity contribution in [2.24, 2.45) is 0 Å². The van der Waals surface area contributed by atoms with Gasteiger partial charge in [-0.15, -0.1) is 0 Å². The molecule has 0 aromatic carbocycles. The number of rotatable bonds is 28. The first-order chi connectivity index (χ1) is 16.9. The fourth-order valence-corrected chi connectivity index (χ4v) is 4.62. The molecule has 0 radical (unpaired) electrons. The summed E-state index contributed by atoms with van der Waals surface area (Å²) in [5, 5.41) is 27.5. The number of phosphoric acid groups is 1. The van der Waals surface area contributed by atoms with Gasteiger partial charge >= 0.3 is 7.82 Å². The Bertz CT molecular complexity index is 480. The second kappa shape index (κ2) is 25.6. The highest BCUT2D eigenvalue weighted by atomic mass is 31.2. The quantitative estimate of drug-likeness (QED) is 0.0734. The molecule has 4 N–H and O–H groups in total. The molecular formula is C26H55O8P. The molecule has 0 aromatic rings. The highest BCUT2D eigenvalue weighted by molar-refractivity contribution is 7.47. The molecule has 0 saturated carbocycles. The van der Waals surface area contributed by atoms with Crippen LogP contribution in [0.4, 0.5) is 0 Å². The number of ether oxygens (including phenoxy) is 1. The Labute approximate surface area is 214 Å². The molecular weight excluding hydrogens is 471 g/mol. The zero-order chi connectivity index (χ0) is 26.0. The smallest absolute Gasteiger partial charge is 0.394 e. The summed E-state index contributed by atoms with van der Waals surface area (Å²) in [6.07, 6.45) is 21.6. The molecule has 0 bridgehead atoms. The number of aliphatic hydroxyl groups is 3. The number of hydrogen-bond acceptors (Lipinski definition) is 7. The second-order valence-electron chi connectivity index (χ2n) is 9.64. The van der Waals surface area contributed by atoms with Crippen molar-refractivity contribution in [1.82, 2.24) is 0 Å². The molecule has 3 unspecified atom stereocenters. The van der Waals surface area contributed by atoms with Gasteiger partial charge in [0.15, 0.2) is 0 Å². The summed E-state index contributed by atoms with van der Waals surface area (Å²) in [4.78, 5) is 9.41. The van der Waals surface area contributed by atoms with Crippen LogP contribution in [0, 0.1) is 0 Å². The van der Waals surface area contributed by atoms with E-state index >= 15 is 0 Å². The third-order valence-corrected chi connectivity index (χ3v) is 6.97. The largest absolute Gasteiger partial charge is 0.472 e. The minimum atomic E-state index is -4.38. The average Bonchev–Trinajstić information content (AvgIpc) is 2.85. The topological polar surface area (TPSA) is 126 Å². The van der Waals surface area contributed by atoms with E-state index < -0.39 is 39.9 Å². The van der Waals surface area contributed by atoms with E-state index in [9.17, 15) is 14.6 Å². The lowest BCUT2D eigenvalue weighted by atomic mass is 10.0. The van der Waals surface area contributed by atoms with Gasteiger partial charge in [0.2, 0.25) is 0 Å². The number of unbranched alkanes of at least 4 members (excludes halogenated alkanes) is 17. The zero-order valence-corrected chi connectivity index (χ0v) is 23.2. The summed E-state index contributed by atoms with van der Waals surface area (Å²) in [7, 11) is -4.38. The highest BCUT2D eigenvalue weighted by Crippen LogP contribution is 2.43. The van der Waals surface area contributed by atoms with Crippen LogP contribution in [0.1, 0.15) is 122 Å². The van der Waals surface area contributed by atoms with Crippen molar-refractivity contribution in [2.75, 3.05) is 33.0 Å². The van der Waals surface area contributed by atoms with E-state index in [1.165, 1.54) is 103 Å². The summed E-state index contributed by atoms with van der Waals surface area (Å²) < 4.78 is 26.1. The number of hydrogen-bond donors (Lipinski definition) is 4. The van der Waals surface area contributed by atoms with Gasteiger partial charge in [0.1, 0.15) is 12.2 Å². The van der Waals surface area contributed by atoms with E-state index in [2.05, 4.69) is 16.0 Å². The van der Waals surface area contributed by atoms with Crippen molar-refractivity contribution in [3.63, 3.8) is 0 Å². The Balaban J connectivity index is 3.30. The van der Waals surface area contributed by atoms with Crippen LogP contribution in [0.5, 0.6) is 0 Å². The van der Waals surface area contributed by atoms with Gasteiger partial charge in [-0.05, 0) is 6.42 Å². The number of aliphatic hydroxyl groups excluding tert-OH is 3. The van der Waals surface area contributed by atoms with Crippen LogP contribution in [0.2, 0.25) is 0 Å². The van der Waals surface area contributed by atoms with Crippen LogP contribution in [0.25, 0.3) is 0 Å². The van der Waals surface area contributed by atoms with Crippen LogP contribution in [0.3, 0.4) is 0 Å². The van der Waals surface area contributed by atoms with Crippen molar-refractivity contribution in [1.29, 1.82) is 0 Å². The molecule has 8 nitrogen and oxygen atoms in total. The Morgan fingerprint density at radius 1 is 0.600 bits per heavy atom. The maximum absolute atomic E-state index is 11.6. The minimum Gasteiger partial charge on any atom is -0.394 e. The minimum absolute atomic E-state index is 0.0121. The molecule has 0 aromatic heterocycles. The summed E-state index contributed by atoms with van der Waals surface area (Å²) in [5.41, 5.74) is 0. The second-order valence-corrected chi connectivity index (χ2v) is 11.1. The van der Waals surface area contributed by atoms with Crippen LogP contribution in [-0.4, -0.2) is 65.5 Å². The molecule has 0 rings (SSSR count). The lowest BCUT2D eigenvalue weighted by molar-refractivity contribution is -0.00437. The Morgan fingerprint density at radius 2 is 0.971 bits per heavy atom. The molecule has 35 heavy (non-hydrogen) atoms. The lowest BCUT2D eigenvalue weighted by Gasteiger charge is -2.16. The van der Waals surface area contributed by atoms with Crippen molar-refractivity contribution in [3.05, 3.63) is 0 Å². The molecule has 9 heteroatoms. The van der Waals surface area contributed by atoms with Gasteiger partial charge in [0, 0.05) is 6.61 Å². The van der Waals surface area contributed by atoms with Crippen molar-refractivity contribution >= 4 is 7.82 Å². The summed E-state index contributed by atoms with van der Waals surface area (Å²) in [5.74, 6) is 0. The van der Waals surface area contributed by atoms with E-state index in [-0.39, 0.29) is 6.61 Å². The SMILES string of the molecule is CCCCCCCCCCCCCCCCCCCCOCC(O)COP(=O)(O)OCC(O)CO. The predicted octanol–water partition coefficient (Wildman–Crippen LogP) is 5.89. The Morgan fingerprint density at radius 3 is 1.37 bits per heavy atom. The molecule has 0 aliphatic carbocycles. The third kappa shape index (κ3) is 26.8. The normalized spacial score (nSPS) is 15.2. The van der Waals surface area contributed by atoms with Crippen LogP contribution < -0.4 is 0 Å². The first-order valence-corrected chi connectivity index (χ1v) is 15.6. The summed E-state index contributed by atoms with van der Waals surface area (Å²) in [6, 6.07) is 0. The highest BCUT2D eigenvalue weighted by Gasteiger charge is 2.24. The monoisotopic (exact) mass is 526 g/mol. The predicted molar refractivity (Wildman–Crippen MR) is 140 cm³/mol. The van der Waals surface area contributed by atoms with Gasteiger partial charge in [0.05, 0.1) is 26.4 Å². The molecule has 3 atom stereocenters. The molecule has 0 saturated heterocycles. The Hall–Kier alpha value is -0.0500. The average molecular weight is 527 g/mol. The van der Waals surface area contributed by atoms with Crippen molar-refractivity contribution in [3.8, 4) is 0 Å². The fourth-order valence-electron chi connectivity index (χ4n) is 3.82. The first-order valence-electron chi connectivity index (χ1n) is 14.1. The summed E-state index contributed by atoms with van der Waals surface area (Å²) in [6.45, 7) is 1.28. The first kappa shape index (κ1) is 35.0. The summed E-state index contributed by atoms with van der Waals surface area (Å²) >= 11 is 0. The van der Waals surface area contributed by atoms with Crippen LogP contribution in [0.15, 0.2) is 0 Å². The van der Waals surface area contributed by atoms with Crippen LogP contribution >= 0.6 is 7.82 Å². The maximum Gasteiger partial charge on any atom is 0.472 e. The van der Waals surface area contributed by atoms with E-state index in [1.54, 1.807) is 0 Å². The molecule has 0 spiro atoms. The number of phosphoric ester groups is 1. The molecule has 0 fully saturated rings. The van der Waals surface area contributed by atoms with E-state index in [4.69, 9.17) is 14.9 Å². The Kier molecular flexibility index (Phi) is 25.6. The van der Waals surface area contributed by atoms with E-state index in [1.807, 2.05) is 0 Å². The molecule has 0 amide bonds. The van der Waals surface area contributed by atoms with Crippen molar-refractivity contribution in [2.45, 2.75) is 135 Å². The van der Waals surface area contributed by atoms with Crippen LogP contribution in [-0.2, 0) is 18.3 Å².